The number of rotatable bonds is 4. The van der Waals surface area contributed by atoms with Gasteiger partial charge in [-0.25, -0.2) is 9.18 Å². The van der Waals surface area contributed by atoms with Crippen LogP contribution in [0.3, 0.4) is 0 Å². The number of ether oxygens (including phenoxy) is 1. The fourth-order valence-electron chi connectivity index (χ4n) is 1.73. The van der Waals surface area contributed by atoms with Crippen LogP contribution >= 0.6 is 11.6 Å². The highest BCUT2D eigenvalue weighted by molar-refractivity contribution is 6.33. The lowest BCUT2D eigenvalue weighted by atomic mass is 10.2. The Labute approximate surface area is 131 Å². The Morgan fingerprint density at radius 2 is 1.86 bits per heavy atom. The fourth-order valence-corrected chi connectivity index (χ4v) is 1.97. The summed E-state index contributed by atoms with van der Waals surface area (Å²) in [5, 5.41) is 2.50. The molecule has 0 fully saturated rings. The van der Waals surface area contributed by atoms with E-state index in [0.29, 0.717) is 5.69 Å². The molecule has 4 nitrogen and oxygen atoms in total. The second-order valence-electron chi connectivity index (χ2n) is 4.59. The topological polar surface area (TPSA) is 55.4 Å². The number of amides is 1. The van der Waals surface area contributed by atoms with Crippen molar-refractivity contribution in [2.45, 2.75) is 6.92 Å². The number of benzene rings is 2. The standard InChI is InChI=1S/C16H13ClFNO3/c1-10-5-7-11(8-6-10)19-14(20)9-22-16(21)15-12(17)3-2-4-13(15)18/h2-8H,9H2,1H3,(H,19,20). The zero-order chi connectivity index (χ0) is 16.1. The van der Waals surface area contributed by atoms with Crippen LogP contribution in [0.2, 0.25) is 5.02 Å². The molecular formula is C16H13ClFNO3. The van der Waals surface area contributed by atoms with Crippen molar-refractivity contribution < 1.29 is 18.7 Å². The average molecular weight is 322 g/mol. The van der Waals surface area contributed by atoms with E-state index in [1.54, 1.807) is 12.1 Å². The molecule has 1 N–H and O–H groups in total. The summed E-state index contributed by atoms with van der Waals surface area (Å²) in [7, 11) is 0. The molecule has 0 radical (unpaired) electrons. The van der Waals surface area contributed by atoms with E-state index in [1.165, 1.54) is 12.1 Å². The molecule has 22 heavy (non-hydrogen) atoms. The van der Waals surface area contributed by atoms with E-state index in [1.807, 2.05) is 19.1 Å². The zero-order valence-corrected chi connectivity index (χ0v) is 12.5. The second kappa shape index (κ2) is 7.04. The molecule has 0 aromatic heterocycles. The van der Waals surface area contributed by atoms with Crippen LogP contribution in [0.5, 0.6) is 0 Å². The predicted octanol–water partition coefficient (Wildman–Crippen LogP) is 3.58. The minimum Gasteiger partial charge on any atom is -0.452 e. The largest absolute Gasteiger partial charge is 0.452 e. The smallest absolute Gasteiger partial charge is 0.343 e. The summed E-state index contributed by atoms with van der Waals surface area (Å²) >= 11 is 5.74. The second-order valence-corrected chi connectivity index (χ2v) is 4.99. The molecule has 0 heterocycles. The number of nitrogens with one attached hydrogen (secondary N) is 1. The number of hydrogen-bond donors (Lipinski definition) is 1. The number of carbonyl (C=O) groups is 2. The van der Waals surface area contributed by atoms with E-state index in [4.69, 9.17) is 16.3 Å². The van der Waals surface area contributed by atoms with Crippen molar-refractivity contribution in [1.82, 2.24) is 0 Å². The maximum atomic E-state index is 13.5. The molecule has 2 aromatic carbocycles. The van der Waals surface area contributed by atoms with Gasteiger partial charge >= 0.3 is 5.97 Å². The highest BCUT2D eigenvalue weighted by Crippen LogP contribution is 2.19. The van der Waals surface area contributed by atoms with Crippen LogP contribution in [0.4, 0.5) is 10.1 Å². The highest BCUT2D eigenvalue weighted by atomic mass is 35.5. The maximum absolute atomic E-state index is 13.5. The molecule has 1 amide bonds. The third-order valence-electron chi connectivity index (χ3n) is 2.84. The van der Waals surface area contributed by atoms with Gasteiger partial charge in [-0.15, -0.1) is 0 Å². The number of anilines is 1. The molecule has 0 saturated carbocycles. The van der Waals surface area contributed by atoms with Crippen LogP contribution in [0.15, 0.2) is 42.5 Å². The molecule has 2 rings (SSSR count). The summed E-state index contributed by atoms with van der Waals surface area (Å²) in [5.41, 5.74) is 1.25. The molecule has 114 valence electrons. The fraction of sp³-hybridized carbons (Fsp3) is 0.125. The first-order chi connectivity index (χ1) is 10.5. The first kappa shape index (κ1) is 16.0. The molecule has 0 aliphatic rings. The zero-order valence-electron chi connectivity index (χ0n) is 11.7. The lowest BCUT2D eigenvalue weighted by Gasteiger charge is -2.08. The van der Waals surface area contributed by atoms with Crippen molar-refractivity contribution in [2.24, 2.45) is 0 Å². The van der Waals surface area contributed by atoms with Crippen molar-refractivity contribution in [3.63, 3.8) is 0 Å². The van der Waals surface area contributed by atoms with Crippen LogP contribution in [-0.2, 0) is 9.53 Å². The Bertz CT molecular complexity index is 681. The van der Waals surface area contributed by atoms with E-state index < -0.39 is 24.3 Å². The molecule has 0 aliphatic carbocycles. The first-order valence-electron chi connectivity index (χ1n) is 6.45. The maximum Gasteiger partial charge on any atom is 0.343 e. The Kier molecular flexibility index (Phi) is 5.12. The monoisotopic (exact) mass is 321 g/mol. The van der Waals surface area contributed by atoms with Gasteiger partial charge in [-0.3, -0.25) is 4.79 Å². The SMILES string of the molecule is Cc1ccc(NC(=O)COC(=O)c2c(F)cccc2Cl)cc1. The van der Waals surface area contributed by atoms with Gasteiger partial charge < -0.3 is 10.1 Å². The molecule has 6 heteroatoms. The van der Waals surface area contributed by atoms with Crippen molar-refractivity contribution in [1.29, 1.82) is 0 Å². The summed E-state index contributed by atoms with van der Waals surface area (Å²) in [6, 6.07) is 11.0. The average Bonchev–Trinajstić information content (AvgIpc) is 2.47. The Morgan fingerprint density at radius 3 is 2.50 bits per heavy atom. The molecule has 0 atom stereocenters. The van der Waals surface area contributed by atoms with Gasteiger partial charge in [0.1, 0.15) is 11.4 Å². The van der Waals surface area contributed by atoms with Crippen LogP contribution in [-0.4, -0.2) is 18.5 Å². The lowest BCUT2D eigenvalue weighted by Crippen LogP contribution is -2.21. The molecule has 0 spiro atoms. The normalized spacial score (nSPS) is 10.1. The van der Waals surface area contributed by atoms with Crippen LogP contribution < -0.4 is 5.32 Å². The third kappa shape index (κ3) is 4.05. The van der Waals surface area contributed by atoms with Crippen molar-refractivity contribution in [3.8, 4) is 0 Å². The van der Waals surface area contributed by atoms with Gasteiger partial charge in [0.2, 0.25) is 0 Å². The number of halogens is 2. The van der Waals surface area contributed by atoms with E-state index in [9.17, 15) is 14.0 Å². The molecule has 0 saturated heterocycles. The summed E-state index contributed by atoms with van der Waals surface area (Å²) < 4.78 is 18.3. The Hall–Kier alpha value is -2.40. The van der Waals surface area contributed by atoms with Gasteiger partial charge in [0.15, 0.2) is 6.61 Å². The van der Waals surface area contributed by atoms with Gasteiger partial charge in [-0.05, 0) is 31.2 Å². The molecule has 0 unspecified atom stereocenters. The highest BCUT2D eigenvalue weighted by Gasteiger charge is 2.18. The van der Waals surface area contributed by atoms with Gasteiger partial charge in [-0.2, -0.15) is 0 Å². The Balaban J connectivity index is 1.93. The van der Waals surface area contributed by atoms with Gasteiger partial charge in [-0.1, -0.05) is 35.4 Å². The van der Waals surface area contributed by atoms with Crippen LogP contribution in [0.1, 0.15) is 15.9 Å². The summed E-state index contributed by atoms with van der Waals surface area (Å²) in [5.74, 6) is -2.30. The number of aryl methyl sites for hydroxylation is 1. The Morgan fingerprint density at radius 1 is 1.18 bits per heavy atom. The van der Waals surface area contributed by atoms with E-state index in [-0.39, 0.29) is 10.6 Å². The van der Waals surface area contributed by atoms with Crippen LogP contribution in [0, 0.1) is 12.7 Å². The van der Waals surface area contributed by atoms with Crippen molar-refractivity contribution in [3.05, 3.63) is 64.4 Å². The molecule has 0 bridgehead atoms. The molecule has 0 aliphatic heterocycles. The summed E-state index contributed by atoms with van der Waals surface area (Å²) in [6.45, 7) is 1.39. The van der Waals surface area contributed by atoms with E-state index in [2.05, 4.69) is 5.32 Å². The number of hydrogen-bond acceptors (Lipinski definition) is 3. The number of carbonyl (C=O) groups excluding carboxylic acids is 2. The quantitative estimate of drug-likeness (QED) is 0.876. The molecule has 2 aromatic rings. The van der Waals surface area contributed by atoms with E-state index >= 15 is 0 Å². The van der Waals surface area contributed by atoms with Crippen LogP contribution in [0.25, 0.3) is 0 Å². The predicted molar refractivity (Wildman–Crippen MR) is 81.5 cm³/mol. The number of esters is 1. The summed E-state index contributed by atoms with van der Waals surface area (Å²) in [6.07, 6.45) is 0. The van der Waals surface area contributed by atoms with Gasteiger partial charge in [0.05, 0.1) is 5.02 Å². The summed E-state index contributed by atoms with van der Waals surface area (Å²) in [4.78, 5) is 23.4. The minimum atomic E-state index is -0.984. The van der Waals surface area contributed by atoms with E-state index in [0.717, 1.165) is 11.6 Å². The third-order valence-corrected chi connectivity index (χ3v) is 3.15. The van der Waals surface area contributed by atoms with Gasteiger partial charge in [0, 0.05) is 5.69 Å². The van der Waals surface area contributed by atoms with Crippen molar-refractivity contribution in [2.75, 3.05) is 11.9 Å². The molecular weight excluding hydrogens is 309 g/mol. The van der Waals surface area contributed by atoms with Crippen molar-refractivity contribution >= 4 is 29.2 Å². The van der Waals surface area contributed by atoms with Gasteiger partial charge in [0.25, 0.3) is 5.91 Å². The first-order valence-corrected chi connectivity index (χ1v) is 6.83. The minimum absolute atomic E-state index is 0.0658. The lowest BCUT2D eigenvalue weighted by molar-refractivity contribution is -0.119.